The first kappa shape index (κ1) is 70.3. The molecular weight excluding hydrogens is 1020 g/mol. The molecule has 68 heavy (non-hydrogen) atoms. The largest absolute Gasteiger partial charge is 2.00 e. The van der Waals surface area contributed by atoms with Crippen LogP contribution in [-0.2, 0) is 19.5 Å². The topological polar surface area (TPSA) is 445 Å². The molecule has 4 aromatic carbocycles. The summed E-state index contributed by atoms with van der Waals surface area (Å²) in [6, 6.07) is 46.0. The number of carbonyl (C=O) groups is 1. The van der Waals surface area contributed by atoms with Gasteiger partial charge in [-0.25, -0.2) is 0 Å². The maximum atomic E-state index is 10.5. The number of carbonyl (C=O) groups excluding carboxylic acids is 1. The van der Waals surface area contributed by atoms with Crippen molar-refractivity contribution in [3.05, 3.63) is 187 Å². The number of aromatic nitrogens is 7. The Bertz CT molecular complexity index is 2720. The van der Waals surface area contributed by atoms with Gasteiger partial charge in [-0.1, -0.05) is 72.8 Å². The molecule has 0 saturated heterocycles. The smallest absolute Gasteiger partial charge is 1.00 e. The Labute approximate surface area is 412 Å². The van der Waals surface area contributed by atoms with E-state index in [0.717, 1.165) is 75.5 Å². The first-order chi connectivity index (χ1) is 27.6. The summed E-state index contributed by atoms with van der Waals surface area (Å²) in [6.45, 7) is 0. The van der Waals surface area contributed by atoms with E-state index in [-0.39, 0.29) is 107 Å². The summed E-state index contributed by atoms with van der Waals surface area (Å²) >= 11 is 0.0107. The van der Waals surface area contributed by atoms with Crippen LogP contribution in [0.4, 0.5) is 0 Å². The van der Waals surface area contributed by atoms with Gasteiger partial charge in [-0.3, -0.25) is 29.9 Å². The SMILES string of the molecule is O.O.O.O.O.O.O.O.O.O.O=C([O-])c1c[se]c(-c2ccccc2)n1.[Cl-].[Zn+2].c1cnc2c(c1)ccc1cccnc12.c1cnc2c(c1)ccc1cccnc12.c1cnc2c(c1)ccc1cccnc12. The average molecular weight is 1070 g/mol. The molecule has 20 N–H and O–H groups in total. The summed E-state index contributed by atoms with van der Waals surface area (Å²) in [4.78, 5) is 42.2. The van der Waals surface area contributed by atoms with Gasteiger partial charge in [-0.15, -0.1) is 0 Å². The van der Waals surface area contributed by atoms with E-state index in [0.29, 0.717) is 0 Å². The number of hydrogen-bond acceptors (Lipinski definition) is 9. The first-order valence-electron chi connectivity index (χ1n) is 17.6. The minimum atomic E-state index is -1.20. The number of fused-ring (bicyclic) bond motifs is 9. The van der Waals surface area contributed by atoms with Crippen molar-refractivity contribution in [1.29, 1.82) is 0 Å². The van der Waals surface area contributed by atoms with Gasteiger partial charge >= 0.3 is 106 Å². The average Bonchev–Trinajstić information content (AvgIpc) is 3.79. The van der Waals surface area contributed by atoms with Crippen molar-refractivity contribution in [3.8, 4) is 10.1 Å². The molecule has 0 spiro atoms. The predicted octanol–water partition coefficient (Wildman–Crippen LogP) is -2.73. The Hall–Kier alpha value is -6.75. The maximum absolute atomic E-state index is 10.5. The molecule has 11 rings (SSSR count). The van der Waals surface area contributed by atoms with Crippen LogP contribution in [0.25, 0.3) is 75.5 Å². The Morgan fingerprint density at radius 1 is 0.368 bits per heavy atom. The number of rotatable bonds is 2. The van der Waals surface area contributed by atoms with Crippen LogP contribution in [0.2, 0.25) is 0 Å². The third-order valence-corrected chi connectivity index (χ3v) is 10.6. The van der Waals surface area contributed by atoms with Crippen LogP contribution in [0.5, 0.6) is 0 Å². The van der Waals surface area contributed by atoms with Crippen molar-refractivity contribution in [2.75, 3.05) is 0 Å². The fourth-order valence-electron chi connectivity index (χ4n) is 6.12. The number of hydrogen-bond donors (Lipinski definition) is 0. The van der Waals surface area contributed by atoms with Gasteiger partial charge in [0.1, 0.15) is 0 Å². The Morgan fingerprint density at radius 3 is 0.838 bits per heavy atom. The zero-order valence-corrected chi connectivity index (χ0v) is 41.2. The molecule has 0 amide bonds. The van der Waals surface area contributed by atoms with Crippen LogP contribution in [0, 0.1) is 0 Å². The van der Waals surface area contributed by atoms with Gasteiger partial charge in [0.15, 0.2) is 0 Å². The molecular formula is C46H50ClN7O12SeZn. The van der Waals surface area contributed by atoms with Gasteiger partial charge in [0, 0.05) is 69.5 Å². The molecule has 0 atom stereocenters. The summed E-state index contributed by atoms with van der Waals surface area (Å²) in [6.07, 6.45) is 10.8. The molecule has 0 saturated carbocycles. The molecule has 7 heterocycles. The van der Waals surface area contributed by atoms with Crippen molar-refractivity contribution in [3.63, 3.8) is 0 Å². The fourth-order valence-corrected chi connectivity index (χ4v) is 7.79. The molecule has 19 nitrogen and oxygen atoms in total. The van der Waals surface area contributed by atoms with Crippen LogP contribution >= 0.6 is 0 Å². The molecule has 356 valence electrons. The zero-order valence-electron chi connectivity index (χ0n) is 35.8. The van der Waals surface area contributed by atoms with E-state index in [1.54, 1.807) is 42.1 Å². The number of carboxylic acids is 1. The zero-order chi connectivity index (χ0) is 38.1. The van der Waals surface area contributed by atoms with Gasteiger partial charge in [-0.05, 0) is 36.4 Å². The van der Waals surface area contributed by atoms with Crippen LogP contribution in [0.1, 0.15) is 10.5 Å². The van der Waals surface area contributed by atoms with Gasteiger partial charge in [0.05, 0.1) is 33.1 Å². The number of pyridine rings is 6. The minimum Gasteiger partial charge on any atom is -1.00 e. The number of aromatic carboxylic acids is 1. The summed E-state index contributed by atoms with van der Waals surface area (Å²) in [5.41, 5.74) is 6.91. The van der Waals surface area contributed by atoms with Gasteiger partial charge in [0.25, 0.3) is 0 Å². The van der Waals surface area contributed by atoms with E-state index in [9.17, 15) is 9.90 Å². The molecule has 0 aliphatic rings. The second kappa shape index (κ2) is 33.7. The Morgan fingerprint density at radius 2 is 0.618 bits per heavy atom. The van der Waals surface area contributed by atoms with E-state index >= 15 is 0 Å². The molecule has 0 radical (unpaired) electrons. The molecule has 0 bridgehead atoms. The van der Waals surface area contributed by atoms with Crippen molar-refractivity contribution in [2.45, 2.75) is 0 Å². The van der Waals surface area contributed by atoms with E-state index < -0.39 is 5.97 Å². The molecule has 0 aliphatic carbocycles. The summed E-state index contributed by atoms with van der Waals surface area (Å²) in [5, 5.41) is 17.3. The summed E-state index contributed by atoms with van der Waals surface area (Å²) < 4.78 is 0.845. The first-order valence-corrected chi connectivity index (χ1v) is 19.4. The molecule has 7 aromatic heterocycles. The van der Waals surface area contributed by atoms with Gasteiger partial charge in [-0.2, -0.15) is 0 Å². The second-order valence-corrected chi connectivity index (χ2v) is 14.1. The van der Waals surface area contributed by atoms with Gasteiger partial charge in [0.2, 0.25) is 0 Å². The molecule has 11 aromatic rings. The summed E-state index contributed by atoms with van der Waals surface area (Å²) in [7, 11) is 0. The third kappa shape index (κ3) is 16.2. The monoisotopic (exact) mass is 1070 g/mol. The van der Waals surface area contributed by atoms with Gasteiger partial charge < -0.3 is 67.2 Å². The fraction of sp³-hybridized carbons (Fsp3) is 0. The Balaban J connectivity index is -0.000000245. The molecule has 22 heteroatoms. The van der Waals surface area contributed by atoms with Crippen molar-refractivity contribution in [2.24, 2.45) is 0 Å². The van der Waals surface area contributed by atoms with E-state index in [4.69, 9.17) is 0 Å². The van der Waals surface area contributed by atoms with Crippen molar-refractivity contribution in [1.82, 2.24) is 34.9 Å². The van der Waals surface area contributed by atoms with Crippen LogP contribution in [0.15, 0.2) is 182 Å². The van der Waals surface area contributed by atoms with Crippen molar-refractivity contribution < 1.29 is 96.5 Å². The quantitative estimate of drug-likeness (QED) is 0.128. The van der Waals surface area contributed by atoms with Crippen LogP contribution < -0.4 is 17.5 Å². The van der Waals surface area contributed by atoms with E-state index in [1.807, 2.05) is 66.7 Å². The molecule has 0 fully saturated rings. The normalized spacial score (nSPS) is 8.76. The van der Waals surface area contributed by atoms with Crippen molar-refractivity contribution >= 4 is 85.9 Å². The van der Waals surface area contributed by atoms with E-state index in [1.165, 1.54) is 0 Å². The summed E-state index contributed by atoms with van der Waals surface area (Å²) in [5.74, 6) is -1.20. The Kier molecular flexibility index (Phi) is 34.8. The number of nitrogens with zero attached hydrogens (tertiary/aromatic N) is 7. The molecule has 0 aliphatic heterocycles. The number of halogens is 1. The second-order valence-electron chi connectivity index (χ2n) is 12.3. The minimum absolute atomic E-state index is 0. The third-order valence-electron chi connectivity index (χ3n) is 8.77. The number of benzene rings is 4. The maximum Gasteiger partial charge on any atom is 2.00 e. The molecule has 0 unspecified atom stereocenters. The number of carboxylic acid groups (broad SMARTS) is 1. The van der Waals surface area contributed by atoms with E-state index in [2.05, 4.69) is 108 Å². The standard InChI is InChI=1S/3C12H8N2.C10H7NO2Se.ClH.10H2O.Zn/c3*1-3-9-5-6-10-4-2-8-14-12(10)11(9)13-7-1;12-10(13)8-6-14-9(11-8)7-4-2-1-3-5-7;;;;;;;;;;;;/h3*1-8H;1-6H,(H,12,13);1H;10*1H2;/q;;;;;;;;;;;;;;;+2/p-2. The van der Waals surface area contributed by atoms with Crippen LogP contribution in [-0.4, -0.2) is 110 Å². The van der Waals surface area contributed by atoms with Crippen LogP contribution in [0.3, 0.4) is 0 Å². The predicted molar refractivity (Wildman–Crippen MR) is 258 cm³/mol.